The highest BCUT2D eigenvalue weighted by molar-refractivity contribution is 7.94. The van der Waals surface area contributed by atoms with Crippen LogP contribution >= 0.6 is 11.3 Å². The summed E-state index contributed by atoms with van der Waals surface area (Å²) in [6.07, 6.45) is 5.65. The average molecular weight is 367 g/mol. The second kappa shape index (κ2) is 7.48. The third kappa shape index (κ3) is 4.05. The van der Waals surface area contributed by atoms with Crippen molar-refractivity contribution in [2.45, 2.75) is 43.2 Å². The van der Waals surface area contributed by atoms with Crippen LogP contribution in [0.15, 0.2) is 28.5 Å². The first-order valence-electron chi connectivity index (χ1n) is 8.29. The Morgan fingerprint density at radius 1 is 1.08 bits per heavy atom. The molecule has 3 heterocycles. The second-order valence-electron chi connectivity index (χ2n) is 5.86. The molecular formula is C16H22N4O2S2. The summed E-state index contributed by atoms with van der Waals surface area (Å²) in [5.74, 6) is 1.06. The van der Waals surface area contributed by atoms with Gasteiger partial charge in [-0.05, 0) is 43.5 Å². The van der Waals surface area contributed by atoms with Gasteiger partial charge in [-0.25, -0.2) is 8.42 Å². The minimum Gasteiger partial charge on any atom is -0.355 e. The number of aromatic nitrogens is 2. The van der Waals surface area contributed by atoms with Crippen molar-refractivity contribution in [2.24, 2.45) is 0 Å². The predicted molar refractivity (Wildman–Crippen MR) is 97.2 cm³/mol. The van der Waals surface area contributed by atoms with Gasteiger partial charge >= 0.3 is 0 Å². The summed E-state index contributed by atoms with van der Waals surface area (Å²) in [5, 5.41) is 8.24. The Labute approximate surface area is 147 Å². The number of hydrogen-bond acceptors (Lipinski definition) is 6. The van der Waals surface area contributed by atoms with E-state index in [1.807, 2.05) is 19.1 Å². The molecule has 6 nitrogen and oxygen atoms in total. The van der Waals surface area contributed by atoms with Gasteiger partial charge in [-0.3, -0.25) is 4.72 Å². The molecule has 0 unspecified atom stereocenters. The molecule has 0 aromatic carbocycles. The van der Waals surface area contributed by atoms with Crippen molar-refractivity contribution in [1.82, 2.24) is 10.2 Å². The molecule has 0 spiro atoms. The van der Waals surface area contributed by atoms with Gasteiger partial charge in [-0.1, -0.05) is 19.8 Å². The van der Waals surface area contributed by atoms with E-state index in [0.29, 0.717) is 4.21 Å². The van der Waals surface area contributed by atoms with E-state index in [0.717, 1.165) is 43.0 Å². The van der Waals surface area contributed by atoms with Crippen molar-refractivity contribution in [3.05, 3.63) is 29.1 Å². The maximum atomic E-state index is 12.4. The Hall–Kier alpha value is -1.67. The van der Waals surface area contributed by atoms with Crippen LogP contribution in [0.2, 0.25) is 0 Å². The highest BCUT2D eigenvalue weighted by Crippen LogP contribution is 2.24. The lowest BCUT2D eigenvalue weighted by atomic mass is 10.2. The topological polar surface area (TPSA) is 75.2 Å². The Morgan fingerprint density at radius 3 is 2.42 bits per heavy atom. The zero-order chi connectivity index (χ0) is 17.0. The zero-order valence-electron chi connectivity index (χ0n) is 13.7. The molecule has 1 aliphatic rings. The van der Waals surface area contributed by atoms with E-state index < -0.39 is 10.0 Å². The number of nitrogens with one attached hydrogen (secondary N) is 1. The monoisotopic (exact) mass is 366 g/mol. The summed E-state index contributed by atoms with van der Waals surface area (Å²) in [7, 11) is -3.59. The van der Waals surface area contributed by atoms with Crippen molar-refractivity contribution in [3.8, 4) is 0 Å². The van der Waals surface area contributed by atoms with E-state index in [1.165, 1.54) is 24.2 Å². The van der Waals surface area contributed by atoms with Gasteiger partial charge in [0.25, 0.3) is 10.0 Å². The Balaban J connectivity index is 1.71. The van der Waals surface area contributed by atoms with Crippen LogP contribution in [-0.4, -0.2) is 31.7 Å². The van der Waals surface area contributed by atoms with E-state index in [9.17, 15) is 8.42 Å². The fraction of sp³-hybridized carbons (Fsp3) is 0.500. The van der Waals surface area contributed by atoms with Crippen molar-refractivity contribution >= 4 is 33.0 Å². The number of hydrogen-bond donors (Lipinski definition) is 1. The predicted octanol–water partition coefficient (Wildman–Crippen LogP) is 3.28. The molecule has 0 amide bonds. The number of aryl methyl sites for hydroxylation is 1. The average Bonchev–Trinajstić information content (AvgIpc) is 2.92. The summed E-state index contributed by atoms with van der Waals surface area (Å²) in [6.45, 7) is 3.96. The first-order valence-corrected chi connectivity index (χ1v) is 10.6. The van der Waals surface area contributed by atoms with Crippen molar-refractivity contribution < 1.29 is 8.42 Å². The largest absolute Gasteiger partial charge is 0.355 e. The van der Waals surface area contributed by atoms with Crippen LogP contribution in [0.3, 0.4) is 0 Å². The van der Waals surface area contributed by atoms with E-state index in [4.69, 9.17) is 0 Å². The van der Waals surface area contributed by atoms with Crippen LogP contribution in [-0.2, 0) is 16.4 Å². The molecule has 8 heteroatoms. The number of rotatable bonds is 5. The molecule has 1 aliphatic heterocycles. The van der Waals surface area contributed by atoms with Crippen molar-refractivity contribution in [2.75, 3.05) is 22.7 Å². The van der Waals surface area contributed by atoms with Gasteiger partial charge in [0.05, 0.1) is 0 Å². The molecule has 130 valence electrons. The summed E-state index contributed by atoms with van der Waals surface area (Å²) in [4.78, 5) is 3.25. The molecule has 1 N–H and O–H groups in total. The van der Waals surface area contributed by atoms with Crippen LogP contribution in [0.25, 0.3) is 0 Å². The van der Waals surface area contributed by atoms with Crippen molar-refractivity contribution in [3.63, 3.8) is 0 Å². The number of anilines is 2. The number of sulfonamides is 1. The Bertz CT molecular complexity index is 764. The highest BCUT2D eigenvalue weighted by Gasteiger charge is 2.18. The second-order valence-corrected chi connectivity index (χ2v) is 8.94. The van der Waals surface area contributed by atoms with Crippen LogP contribution in [0.1, 0.15) is 37.5 Å². The molecule has 24 heavy (non-hydrogen) atoms. The normalized spacial score (nSPS) is 16.0. The maximum absolute atomic E-state index is 12.4. The quantitative estimate of drug-likeness (QED) is 0.879. The Morgan fingerprint density at radius 2 is 1.83 bits per heavy atom. The molecule has 2 aromatic rings. The summed E-state index contributed by atoms with van der Waals surface area (Å²) < 4.78 is 27.6. The smallest absolute Gasteiger partial charge is 0.272 e. The summed E-state index contributed by atoms with van der Waals surface area (Å²) in [5.41, 5.74) is 0. The Kier molecular flexibility index (Phi) is 5.35. The lowest BCUT2D eigenvalue weighted by Crippen LogP contribution is -2.25. The van der Waals surface area contributed by atoms with Gasteiger partial charge in [0.1, 0.15) is 4.21 Å². The molecule has 0 saturated carbocycles. The van der Waals surface area contributed by atoms with Gasteiger partial charge in [-0.2, -0.15) is 0 Å². The van der Waals surface area contributed by atoms with E-state index in [-0.39, 0.29) is 5.82 Å². The molecule has 0 aliphatic carbocycles. The van der Waals surface area contributed by atoms with Gasteiger partial charge in [-0.15, -0.1) is 21.5 Å². The number of nitrogens with zero attached hydrogens (tertiary/aromatic N) is 3. The van der Waals surface area contributed by atoms with Crippen LogP contribution < -0.4 is 9.62 Å². The van der Waals surface area contributed by atoms with Gasteiger partial charge in [0.2, 0.25) is 0 Å². The highest BCUT2D eigenvalue weighted by atomic mass is 32.2. The molecule has 0 radical (unpaired) electrons. The van der Waals surface area contributed by atoms with Gasteiger partial charge in [0, 0.05) is 18.0 Å². The van der Waals surface area contributed by atoms with Crippen LogP contribution in [0.5, 0.6) is 0 Å². The van der Waals surface area contributed by atoms with E-state index in [2.05, 4.69) is 19.8 Å². The maximum Gasteiger partial charge on any atom is 0.272 e. The third-order valence-electron chi connectivity index (χ3n) is 4.07. The first kappa shape index (κ1) is 17.2. The standard InChI is InChI=1S/C16H22N4O2S2/c1-2-13-7-10-16(23-13)24(21,22)19-14-8-9-15(18-17-14)20-11-5-3-4-6-12-20/h7-10H,2-6,11-12H2,1H3,(H,17,19). The molecule has 1 saturated heterocycles. The SMILES string of the molecule is CCc1ccc(S(=O)(=O)Nc2ccc(N3CCCCCC3)nn2)s1. The van der Waals surface area contributed by atoms with E-state index >= 15 is 0 Å². The molecule has 0 bridgehead atoms. The molecule has 1 fully saturated rings. The van der Waals surface area contributed by atoms with Crippen LogP contribution in [0, 0.1) is 0 Å². The first-order chi connectivity index (χ1) is 11.6. The summed E-state index contributed by atoms with van der Waals surface area (Å²) in [6, 6.07) is 6.99. The minimum atomic E-state index is -3.59. The zero-order valence-corrected chi connectivity index (χ0v) is 15.4. The lowest BCUT2D eigenvalue weighted by Gasteiger charge is -2.20. The molecule has 2 aromatic heterocycles. The summed E-state index contributed by atoms with van der Waals surface area (Å²) >= 11 is 1.28. The van der Waals surface area contributed by atoms with Gasteiger partial charge < -0.3 is 4.90 Å². The number of thiophene rings is 1. The van der Waals surface area contributed by atoms with Gasteiger partial charge in [0.15, 0.2) is 11.6 Å². The fourth-order valence-electron chi connectivity index (χ4n) is 2.73. The molecular weight excluding hydrogens is 344 g/mol. The molecule has 0 atom stereocenters. The minimum absolute atomic E-state index is 0.250. The van der Waals surface area contributed by atoms with Crippen molar-refractivity contribution in [1.29, 1.82) is 0 Å². The molecule has 3 rings (SSSR count). The third-order valence-corrected chi connectivity index (χ3v) is 7.15. The van der Waals surface area contributed by atoms with Crippen LogP contribution in [0.4, 0.5) is 11.6 Å². The van der Waals surface area contributed by atoms with E-state index in [1.54, 1.807) is 12.1 Å². The fourth-order valence-corrected chi connectivity index (χ4v) is 5.02. The lowest BCUT2D eigenvalue weighted by molar-refractivity contribution is 0.603.